The molecule has 0 bridgehead atoms. The van der Waals surface area contributed by atoms with Crippen LogP contribution in [0.15, 0.2) is 18.2 Å². The van der Waals surface area contributed by atoms with Crippen molar-refractivity contribution in [1.29, 1.82) is 5.26 Å². The van der Waals surface area contributed by atoms with Crippen molar-refractivity contribution in [2.75, 3.05) is 0 Å². The highest BCUT2D eigenvalue weighted by molar-refractivity contribution is 6.03. The number of carbonyl (C=O) groups excluding carboxylic acids is 1. The zero-order valence-electron chi connectivity index (χ0n) is 10.3. The number of hydrogen-bond donors (Lipinski definition) is 0. The molecule has 0 radical (unpaired) electrons. The summed E-state index contributed by atoms with van der Waals surface area (Å²) in [6.07, 6.45) is 1.10. The van der Waals surface area contributed by atoms with E-state index in [0.717, 1.165) is 0 Å². The first-order chi connectivity index (χ1) is 8.52. The van der Waals surface area contributed by atoms with Gasteiger partial charge in [0.25, 0.3) is 5.69 Å². The van der Waals surface area contributed by atoms with Crippen molar-refractivity contribution in [1.82, 2.24) is 0 Å². The van der Waals surface area contributed by atoms with Gasteiger partial charge in [-0.05, 0) is 18.9 Å². The lowest BCUT2D eigenvalue weighted by Gasteiger charge is -2.09. The van der Waals surface area contributed by atoms with Crippen LogP contribution in [0.5, 0.6) is 0 Å². The first kappa shape index (κ1) is 13.8. The smallest absolute Gasteiger partial charge is 0.280 e. The Bertz CT molecular complexity index is 517. The van der Waals surface area contributed by atoms with Crippen molar-refractivity contribution in [3.63, 3.8) is 0 Å². The van der Waals surface area contributed by atoms with Gasteiger partial charge in [-0.1, -0.05) is 25.5 Å². The van der Waals surface area contributed by atoms with E-state index in [-0.39, 0.29) is 11.3 Å². The summed E-state index contributed by atoms with van der Waals surface area (Å²) in [5.74, 6) is -1.26. The van der Waals surface area contributed by atoms with E-state index < -0.39 is 16.6 Å². The summed E-state index contributed by atoms with van der Waals surface area (Å²) < 4.78 is 0. The number of benzene rings is 1. The van der Waals surface area contributed by atoms with Gasteiger partial charge in [-0.15, -0.1) is 0 Å². The molecule has 0 saturated carbocycles. The van der Waals surface area contributed by atoms with Gasteiger partial charge in [0.1, 0.15) is 5.92 Å². The van der Waals surface area contributed by atoms with Crippen LogP contribution in [-0.4, -0.2) is 10.7 Å². The molecule has 1 atom stereocenters. The first-order valence-corrected chi connectivity index (χ1v) is 5.70. The number of Topliss-reactive ketones (excluding diaryl/α,β-unsaturated/α-hetero) is 1. The molecule has 1 rings (SSSR count). The van der Waals surface area contributed by atoms with E-state index in [9.17, 15) is 14.9 Å². The van der Waals surface area contributed by atoms with Gasteiger partial charge < -0.3 is 0 Å². The van der Waals surface area contributed by atoms with Gasteiger partial charge in [0.15, 0.2) is 5.78 Å². The standard InChI is InChI=1S/C13H14N2O3/c1-3-5-10(8-14)13(16)12-9(2)6-4-7-11(12)15(17)18/h4,6-7,10H,3,5H2,1-2H3. The van der Waals surface area contributed by atoms with Crippen LogP contribution in [0.2, 0.25) is 0 Å². The maximum atomic E-state index is 12.2. The topological polar surface area (TPSA) is 84.0 Å². The van der Waals surface area contributed by atoms with Gasteiger partial charge >= 0.3 is 0 Å². The summed E-state index contributed by atoms with van der Waals surface area (Å²) in [7, 11) is 0. The van der Waals surface area contributed by atoms with E-state index in [1.807, 2.05) is 13.0 Å². The molecule has 0 saturated heterocycles. The summed E-state index contributed by atoms with van der Waals surface area (Å²) >= 11 is 0. The predicted octanol–water partition coefficient (Wildman–Crippen LogP) is 3.03. The number of hydrogen-bond acceptors (Lipinski definition) is 4. The van der Waals surface area contributed by atoms with Gasteiger partial charge in [0.05, 0.1) is 16.6 Å². The highest BCUT2D eigenvalue weighted by Gasteiger charge is 2.27. The first-order valence-electron chi connectivity index (χ1n) is 5.70. The summed E-state index contributed by atoms with van der Waals surface area (Å²) in [5.41, 5.74) is 0.365. The third-order valence-corrected chi connectivity index (χ3v) is 2.74. The average molecular weight is 246 g/mol. The molecule has 94 valence electrons. The van der Waals surface area contributed by atoms with E-state index in [0.29, 0.717) is 18.4 Å². The predicted molar refractivity (Wildman–Crippen MR) is 66.2 cm³/mol. The molecule has 1 aromatic rings. The van der Waals surface area contributed by atoms with Crippen molar-refractivity contribution in [3.05, 3.63) is 39.4 Å². The second-order valence-corrected chi connectivity index (χ2v) is 4.06. The van der Waals surface area contributed by atoms with Gasteiger partial charge in [0.2, 0.25) is 0 Å². The molecule has 0 aromatic heterocycles. The number of aryl methyl sites for hydroxylation is 1. The van der Waals surface area contributed by atoms with Crippen LogP contribution in [0.4, 0.5) is 5.69 Å². The number of carbonyl (C=O) groups is 1. The molecule has 0 heterocycles. The largest absolute Gasteiger partial charge is 0.292 e. The summed E-state index contributed by atoms with van der Waals surface area (Å²) in [5, 5.41) is 19.9. The Morgan fingerprint density at radius 2 is 2.22 bits per heavy atom. The Labute approximate surface area is 105 Å². The number of nitro benzene ring substituents is 1. The Hall–Kier alpha value is -2.22. The Balaban J connectivity index is 3.28. The van der Waals surface area contributed by atoms with Gasteiger partial charge in [-0.3, -0.25) is 14.9 Å². The number of nitriles is 1. The fraction of sp³-hybridized carbons (Fsp3) is 0.385. The van der Waals surface area contributed by atoms with E-state index in [2.05, 4.69) is 0 Å². The van der Waals surface area contributed by atoms with Crippen LogP contribution in [0.1, 0.15) is 35.7 Å². The van der Waals surface area contributed by atoms with Gasteiger partial charge in [0, 0.05) is 6.07 Å². The lowest BCUT2D eigenvalue weighted by atomic mass is 9.91. The molecule has 0 N–H and O–H groups in total. The van der Waals surface area contributed by atoms with Crippen molar-refractivity contribution >= 4 is 11.5 Å². The van der Waals surface area contributed by atoms with Crippen molar-refractivity contribution in [2.45, 2.75) is 26.7 Å². The van der Waals surface area contributed by atoms with Gasteiger partial charge in [-0.25, -0.2) is 0 Å². The third-order valence-electron chi connectivity index (χ3n) is 2.74. The molecule has 0 amide bonds. The molecule has 5 nitrogen and oxygen atoms in total. The number of ketones is 1. The van der Waals surface area contributed by atoms with E-state index >= 15 is 0 Å². The second-order valence-electron chi connectivity index (χ2n) is 4.06. The normalized spacial score (nSPS) is 11.6. The average Bonchev–Trinajstić information content (AvgIpc) is 2.34. The Morgan fingerprint density at radius 1 is 1.56 bits per heavy atom. The molecular weight excluding hydrogens is 232 g/mol. The fourth-order valence-electron chi connectivity index (χ4n) is 1.84. The second kappa shape index (κ2) is 5.92. The highest BCUT2D eigenvalue weighted by Crippen LogP contribution is 2.26. The van der Waals surface area contributed by atoms with Crippen LogP contribution in [0.25, 0.3) is 0 Å². The van der Waals surface area contributed by atoms with Crippen LogP contribution < -0.4 is 0 Å². The van der Waals surface area contributed by atoms with Crippen LogP contribution in [0, 0.1) is 34.3 Å². The molecule has 0 aliphatic carbocycles. The van der Waals surface area contributed by atoms with E-state index in [1.54, 1.807) is 13.0 Å². The minimum atomic E-state index is -0.810. The maximum absolute atomic E-state index is 12.2. The molecule has 18 heavy (non-hydrogen) atoms. The lowest BCUT2D eigenvalue weighted by Crippen LogP contribution is -2.16. The minimum absolute atomic E-state index is 0.0579. The molecule has 0 aliphatic rings. The molecule has 0 fully saturated rings. The molecule has 1 aromatic carbocycles. The number of nitrogens with zero attached hydrogens (tertiary/aromatic N) is 2. The molecule has 5 heteroatoms. The van der Waals surface area contributed by atoms with Crippen molar-refractivity contribution in [3.8, 4) is 6.07 Å². The zero-order valence-corrected chi connectivity index (χ0v) is 10.3. The van der Waals surface area contributed by atoms with Crippen LogP contribution in [-0.2, 0) is 0 Å². The highest BCUT2D eigenvalue weighted by atomic mass is 16.6. The summed E-state index contributed by atoms with van der Waals surface area (Å²) in [4.78, 5) is 22.5. The summed E-state index contributed by atoms with van der Waals surface area (Å²) in [6.45, 7) is 3.50. The quantitative estimate of drug-likeness (QED) is 0.454. The van der Waals surface area contributed by atoms with Crippen molar-refractivity contribution in [2.24, 2.45) is 5.92 Å². The number of rotatable bonds is 5. The van der Waals surface area contributed by atoms with Crippen molar-refractivity contribution < 1.29 is 9.72 Å². The lowest BCUT2D eigenvalue weighted by molar-refractivity contribution is -0.385. The summed E-state index contributed by atoms with van der Waals surface area (Å²) in [6, 6.07) is 6.39. The zero-order chi connectivity index (χ0) is 13.7. The molecule has 1 unspecified atom stereocenters. The maximum Gasteiger partial charge on any atom is 0.280 e. The van der Waals surface area contributed by atoms with Gasteiger partial charge in [-0.2, -0.15) is 5.26 Å². The number of nitro groups is 1. The van der Waals surface area contributed by atoms with Crippen LogP contribution >= 0.6 is 0 Å². The van der Waals surface area contributed by atoms with E-state index in [1.165, 1.54) is 12.1 Å². The Morgan fingerprint density at radius 3 is 2.72 bits per heavy atom. The minimum Gasteiger partial charge on any atom is -0.292 e. The van der Waals surface area contributed by atoms with Crippen LogP contribution in [0.3, 0.4) is 0 Å². The Kier molecular flexibility index (Phi) is 4.55. The van der Waals surface area contributed by atoms with E-state index in [4.69, 9.17) is 5.26 Å². The third kappa shape index (κ3) is 2.72. The fourth-order valence-corrected chi connectivity index (χ4v) is 1.84. The monoisotopic (exact) mass is 246 g/mol. The molecule has 0 spiro atoms. The molecule has 0 aliphatic heterocycles. The SMILES string of the molecule is CCCC(C#N)C(=O)c1c(C)cccc1[N+](=O)[O-]. The molecular formula is C13H14N2O3.